The van der Waals surface area contributed by atoms with Gasteiger partial charge in [-0.25, -0.2) is 9.97 Å². The van der Waals surface area contributed by atoms with Crippen LogP contribution < -0.4 is 14.8 Å². The topological polar surface area (TPSA) is 73.3 Å². The van der Waals surface area contributed by atoms with Gasteiger partial charge < -0.3 is 14.8 Å². The average Bonchev–Trinajstić information content (AvgIpc) is 2.79. The number of benzene rings is 2. The fourth-order valence-corrected chi connectivity index (χ4v) is 3.35. The number of anilines is 1. The first kappa shape index (κ1) is 19.7. The molecule has 2 aromatic carbocycles. The molecule has 0 unspecified atom stereocenters. The number of carbonyl (C=O) groups is 1. The van der Waals surface area contributed by atoms with E-state index in [-0.39, 0.29) is 11.1 Å². The van der Waals surface area contributed by atoms with Gasteiger partial charge in [-0.3, -0.25) is 4.79 Å². The quantitative estimate of drug-likeness (QED) is 0.449. The Morgan fingerprint density at radius 2 is 1.83 bits per heavy atom. The van der Waals surface area contributed by atoms with Crippen LogP contribution in [0.25, 0.3) is 22.2 Å². The fraction of sp³-hybridized carbons (Fsp3) is 0.0870. The summed E-state index contributed by atoms with van der Waals surface area (Å²) in [6, 6.07) is 18.1. The summed E-state index contributed by atoms with van der Waals surface area (Å²) >= 11 is 6.10. The first-order chi connectivity index (χ1) is 14.6. The molecule has 4 aromatic rings. The number of pyridine rings is 2. The third kappa shape index (κ3) is 3.77. The summed E-state index contributed by atoms with van der Waals surface area (Å²) in [6.07, 6.45) is 1.56. The molecular formula is C23H18ClN3O3. The number of ether oxygens (including phenoxy) is 2. The molecule has 0 saturated carbocycles. The number of nitrogens with zero attached hydrogens (tertiary/aromatic N) is 2. The highest BCUT2D eigenvalue weighted by molar-refractivity contribution is 6.32. The van der Waals surface area contributed by atoms with E-state index in [2.05, 4.69) is 10.3 Å². The molecule has 1 amide bonds. The molecule has 0 bridgehead atoms. The molecule has 0 aliphatic rings. The molecule has 6 nitrogen and oxygen atoms in total. The smallest absolute Gasteiger partial charge is 0.256 e. The second kappa shape index (κ2) is 8.39. The molecule has 2 heterocycles. The molecule has 2 aromatic heterocycles. The van der Waals surface area contributed by atoms with Crippen molar-refractivity contribution in [3.8, 4) is 22.8 Å². The van der Waals surface area contributed by atoms with E-state index in [1.54, 1.807) is 44.7 Å². The van der Waals surface area contributed by atoms with Gasteiger partial charge in [-0.15, -0.1) is 0 Å². The number of rotatable bonds is 5. The van der Waals surface area contributed by atoms with E-state index in [1.165, 1.54) is 0 Å². The predicted octanol–water partition coefficient (Wildman–Crippen LogP) is 5.22. The van der Waals surface area contributed by atoms with Gasteiger partial charge in [-0.2, -0.15) is 0 Å². The zero-order valence-corrected chi connectivity index (χ0v) is 17.1. The van der Waals surface area contributed by atoms with Crippen molar-refractivity contribution in [3.63, 3.8) is 0 Å². The molecule has 1 N–H and O–H groups in total. The number of amides is 1. The third-order valence-corrected chi connectivity index (χ3v) is 4.95. The summed E-state index contributed by atoms with van der Waals surface area (Å²) in [6.45, 7) is 0. The Labute approximate surface area is 178 Å². The van der Waals surface area contributed by atoms with E-state index in [0.29, 0.717) is 34.0 Å². The number of hydrogen-bond donors (Lipinski definition) is 1. The lowest BCUT2D eigenvalue weighted by Gasteiger charge is -2.13. The van der Waals surface area contributed by atoms with Gasteiger partial charge in [0.25, 0.3) is 5.91 Å². The molecule has 0 radical (unpaired) electrons. The summed E-state index contributed by atoms with van der Waals surface area (Å²) in [4.78, 5) is 21.9. The van der Waals surface area contributed by atoms with Crippen molar-refractivity contribution in [1.29, 1.82) is 0 Å². The van der Waals surface area contributed by atoms with E-state index in [0.717, 1.165) is 10.9 Å². The highest BCUT2D eigenvalue weighted by Gasteiger charge is 2.17. The van der Waals surface area contributed by atoms with Crippen LogP contribution in [0.5, 0.6) is 11.5 Å². The maximum atomic E-state index is 13.1. The standard InChI is InChI=1S/C23H18ClN3O3/c1-29-14-9-10-16(21(12-14)30-2)20-13-17(15-6-3-4-7-18(15)26-20)23(28)27-19-8-5-11-25-22(19)24/h3-13H,1-2H3,(H,27,28). The maximum absolute atomic E-state index is 13.1. The van der Waals surface area contributed by atoms with Crippen LogP contribution in [-0.2, 0) is 0 Å². The van der Waals surface area contributed by atoms with Gasteiger partial charge in [-0.1, -0.05) is 29.8 Å². The number of aromatic nitrogens is 2. The van der Waals surface area contributed by atoms with Crippen LogP contribution in [0.3, 0.4) is 0 Å². The third-order valence-electron chi connectivity index (χ3n) is 4.65. The normalized spacial score (nSPS) is 10.6. The lowest BCUT2D eigenvalue weighted by atomic mass is 10.0. The molecule has 0 fully saturated rings. The predicted molar refractivity (Wildman–Crippen MR) is 117 cm³/mol. The number of halogens is 1. The fourth-order valence-electron chi connectivity index (χ4n) is 3.18. The van der Waals surface area contributed by atoms with Crippen LogP contribution in [0.1, 0.15) is 10.4 Å². The Bertz CT molecular complexity index is 1240. The van der Waals surface area contributed by atoms with E-state index < -0.39 is 0 Å². The minimum absolute atomic E-state index is 0.223. The Morgan fingerprint density at radius 3 is 2.60 bits per heavy atom. The van der Waals surface area contributed by atoms with E-state index in [9.17, 15) is 4.79 Å². The highest BCUT2D eigenvalue weighted by atomic mass is 35.5. The summed E-state index contributed by atoms with van der Waals surface area (Å²) in [7, 11) is 3.17. The second-order valence-corrected chi connectivity index (χ2v) is 6.79. The van der Waals surface area contributed by atoms with Crippen molar-refractivity contribution in [3.05, 3.63) is 77.6 Å². The molecule has 0 saturated heterocycles. The van der Waals surface area contributed by atoms with Gasteiger partial charge in [0.1, 0.15) is 11.5 Å². The van der Waals surface area contributed by atoms with Gasteiger partial charge in [0.05, 0.1) is 36.7 Å². The van der Waals surface area contributed by atoms with Gasteiger partial charge in [0.15, 0.2) is 5.15 Å². The van der Waals surface area contributed by atoms with E-state index >= 15 is 0 Å². The SMILES string of the molecule is COc1ccc(-c2cc(C(=O)Nc3cccnc3Cl)c3ccccc3n2)c(OC)c1. The number of para-hydroxylation sites is 1. The zero-order chi connectivity index (χ0) is 21.1. The lowest BCUT2D eigenvalue weighted by Crippen LogP contribution is -2.13. The minimum atomic E-state index is -0.308. The summed E-state index contributed by atoms with van der Waals surface area (Å²) in [5, 5.41) is 3.78. The molecule has 0 spiro atoms. The average molecular weight is 420 g/mol. The van der Waals surface area contributed by atoms with Crippen LogP contribution in [0.4, 0.5) is 5.69 Å². The summed E-state index contributed by atoms with van der Waals surface area (Å²) in [5.74, 6) is 0.955. The number of carbonyl (C=O) groups excluding carboxylic acids is 1. The number of nitrogens with one attached hydrogen (secondary N) is 1. The second-order valence-electron chi connectivity index (χ2n) is 6.43. The van der Waals surface area contributed by atoms with Crippen molar-refractivity contribution in [2.45, 2.75) is 0 Å². The Morgan fingerprint density at radius 1 is 1.00 bits per heavy atom. The van der Waals surface area contributed by atoms with Crippen LogP contribution in [0.2, 0.25) is 5.15 Å². The highest BCUT2D eigenvalue weighted by Crippen LogP contribution is 2.34. The van der Waals surface area contributed by atoms with Gasteiger partial charge in [0, 0.05) is 23.2 Å². The monoisotopic (exact) mass is 419 g/mol. The van der Waals surface area contributed by atoms with Crippen LogP contribution >= 0.6 is 11.6 Å². The van der Waals surface area contributed by atoms with Crippen LogP contribution in [0, 0.1) is 0 Å². The van der Waals surface area contributed by atoms with Crippen LogP contribution in [-0.4, -0.2) is 30.1 Å². The van der Waals surface area contributed by atoms with Crippen LogP contribution in [0.15, 0.2) is 66.9 Å². The summed E-state index contributed by atoms with van der Waals surface area (Å²) < 4.78 is 10.8. The van der Waals surface area contributed by atoms with E-state index in [1.807, 2.05) is 36.4 Å². The van der Waals surface area contributed by atoms with Crippen molar-refractivity contribution in [2.75, 3.05) is 19.5 Å². The zero-order valence-electron chi connectivity index (χ0n) is 16.3. The molecule has 0 atom stereocenters. The van der Waals surface area contributed by atoms with E-state index in [4.69, 9.17) is 26.1 Å². The van der Waals surface area contributed by atoms with Gasteiger partial charge >= 0.3 is 0 Å². The molecule has 150 valence electrons. The Hall–Kier alpha value is -3.64. The first-order valence-electron chi connectivity index (χ1n) is 9.14. The minimum Gasteiger partial charge on any atom is -0.497 e. The van der Waals surface area contributed by atoms with Gasteiger partial charge in [-0.05, 0) is 36.4 Å². The number of hydrogen-bond acceptors (Lipinski definition) is 5. The largest absolute Gasteiger partial charge is 0.497 e. The lowest BCUT2D eigenvalue weighted by molar-refractivity contribution is 0.102. The molecular weight excluding hydrogens is 402 g/mol. The molecule has 30 heavy (non-hydrogen) atoms. The number of fused-ring (bicyclic) bond motifs is 1. The van der Waals surface area contributed by atoms with Crippen molar-refractivity contribution in [2.24, 2.45) is 0 Å². The first-order valence-corrected chi connectivity index (χ1v) is 9.52. The van der Waals surface area contributed by atoms with Crippen molar-refractivity contribution >= 4 is 34.1 Å². The molecule has 0 aliphatic heterocycles. The maximum Gasteiger partial charge on any atom is 0.256 e. The van der Waals surface area contributed by atoms with Crippen molar-refractivity contribution in [1.82, 2.24) is 9.97 Å². The Balaban J connectivity index is 1.85. The number of methoxy groups -OCH3 is 2. The summed E-state index contributed by atoms with van der Waals surface area (Å²) in [5.41, 5.74) is 2.95. The Kier molecular flexibility index (Phi) is 5.50. The molecule has 4 rings (SSSR count). The van der Waals surface area contributed by atoms with Gasteiger partial charge in [0.2, 0.25) is 0 Å². The molecule has 0 aliphatic carbocycles. The molecule has 7 heteroatoms. The van der Waals surface area contributed by atoms with Crippen molar-refractivity contribution < 1.29 is 14.3 Å².